The molecule has 0 saturated heterocycles. The number of nitrogens with zero attached hydrogens (tertiary/aromatic N) is 1. The average molecular weight is 327 g/mol. The topological polar surface area (TPSA) is 47.0 Å². The van der Waals surface area contributed by atoms with Crippen molar-refractivity contribution in [2.45, 2.75) is 20.4 Å². The van der Waals surface area contributed by atoms with E-state index < -0.39 is 0 Å². The quantitative estimate of drug-likeness (QED) is 0.588. The van der Waals surface area contributed by atoms with Gasteiger partial charge in [0.2, 0.25) is 5.78 Å². The largest absolute Gasteiger partial charge is 1.00 e. The van der Waals surface area contributed by atoms with Crippen LogP contribution in [0.25, 0.3) is 0 Å². The first kappa shape index (κ1) is 14.9. The van der Waals surface area contributed by atoms with Gasteiger partial charge in [-0.15, -0.1) is 0 Å². The van der Waals surface area contributed by atoms with E-state index >= 15 is 0 Å². The molecular weight excluding hydrogens is 312 g/mol. The third-order valence-electron chi connectivity index (χ3n) is 2.72. The molecule has 0 aliphatic carbocycles. The molecule has 0 saturated carbocycles. The first-order valence-electron chi connectivity index (χ1n) is 5.41. The van der Waals surface area contributed by atoms with Gasteiger partial charge in [-0.1, -0.05) is 41.2 Å². The molecule has 0 bridgehead atoms. The number of aromatic nitrogens is 1. The maximum atomic E-state index is 12.1. The van der Waals surface area contributed by atoms with Crippen molar-refractivity contribution in [3.63, 3.8) is 0 Å². The molecule has 96 valence electrons. The number of rotatable bonds is 3. The van der Waals surface area contributed by atoms with Gasteiger partial charge < -0.3 is 17.0 Å². The number of nitrogen functional groups attached to an aromatic ring is 1. The summed E-state index contributed by atoms with van der Waals surface area (Å²) in [6.45, 7) is 4.27. The highest BCUT2D eigenvalue weighted by Gasteiger charge is 2.16. The van der Waals surface area contributed by atoms with E-state index in [9.17, 15) is 4.79 Å². The molecule has 0 fully saturated rings. The van der Waals surface area contributed by atoms with Crippen LogP contribution in [0.4, 0.5) is 5.13 Å². The second kappa shape index (κ2) is 6.11. The van der Waals surface area contributed by atoms with Crippen LogP contribution in [0.1, 0.15) is 21.6 Å². The predicted molar refractivity (Wildman–Crippen MR) is 69.2 cm³/mol. The van der Waals surface area contributed by atoms with Crippen LogP contribution >= 0.6 is 11.3 Å². The van der Waals surface area contributed by atoms with E-state index in [2.05, 4.69) is 0 Å². The Kier molecular flexibility index (Phi) is 5.04. The molecule has 0 amide bonds. The van der Waals surface area contributed by atoms with E-state index in [4.69, 9.17) is 5.73 Å². The standard InChI is InChI=1S/C13H14N2OS.BrH/c1-9-3-5-11(6-4-9)12(16)7-15-10(2)8-17-13(15)14;/h3-6,8,14H,7H2,1-2H3;1H. The van der Waals surface area contributed by atoms with Crippen molar-refractivity contribution < 1.29 is 26.3 Å². The highest BCUT2D eigenvalue weighted by molar-refractivity contribution is 7.13. The number of aryl methyl sites for hydroxylation is 2. The fourth-order valence-electron chi connectivity index (χ4n) is 1.62. The van der Waals surface area contributed by atoms with Gasteiger partial charge in [0.05, 0.1) is 0 Å². The smallest absolute Gasteiger partial charge is 0.332 e. The van der Waals surface area contributed by atoms with Gasteiger partial charge in [-0.05, 0) is 13.8 Å². The van der Waals surface area contributed by atoms with Gasteiger partial charge in [-0.3, -0.25) is 10.5 Å². The normalized spacial score (nSPS) is 9.89. The number of thiazole rings is 1. The first-order valence-corrected chi connectivity index (χ1v) is 6.29. The molecule has 0 unspecified atom stereocenters. The molecule has 5 heteroatoms. The maximum Gasteiger partial charge on any atom is 0.332 e. The van der Waals surface area contributed by atoms with Crippen molar-refractivity contribution >= 4 is 22.3 Å². The van der Waals surface area contributed by atoms with Crippen molar-refractivity contribution in [2.75, 3.05) is 5.73 Å². The summed E-state index contributed by atoms with van der Waals surface area (Å²) in [7, 11) is 0. The van der Waals surface area contributed by atoms with Crippen LogP contribution in [-0.2, 0) is 6.54 Å². The molecule has 1 heterocycles. The molecular formula is C13H15BrN2OS. The SMILES string of the molecule is Cc1ccc(C(=O)C[n+]2c(C)csc2N)cc1.[Br-]. The van der Waals surface area contributed by atoms with Gasteiger partial charge >= 0.3 is 5.13 Å². The minimum absolute atomic E-state index is 0. The number of carbonyl (C=O) groups excluding carboxylic acids is 1. The minimum Gasteiger partial charge on any atom is -1.00 e. The number of Topliss-reactive ketones (excluding diaryl/α,β-unsaturated/α-hetero) is 1. The second-order valence-corrected chi connectivity index (χ2v) is 4.98. The van der Waals surface area contributed by atoms with Crippen LogP contribution in [0.15, 0.2) is 29.6 Å². The van der Waals surface area contributed by atoms with Gasteiger partial charge in [0.25, 0.3) is 0 Å². The summed E-state index contributed by atoms with van der Waals surface area (Å²) in [6, 6.07) is 7.61. The molecule has 3 nitrogen and oxygen atoms in total. The van der Waals surface area contributed by atoms with Gasteiger partial charge in [0.1, 0.15) is 5.69 Å². The Balaban J connectivity index is 0.00000162. The number of anilines is 1. The Labute approximate surface area is 121 Å². The third-order valence-corrected chi connectivity index (χ3v) is 3.64. The zero-order chi connectivity index (χ0) is 12.4. The van der Waals surface area contributed by atoms with E-state index in [0.29, 0.717) is 11.7 Å². The first-order chi connectivity index (χ1) is 8.08. The number of nitrogens with two attached hydrogens (primary N) is 1. The summed E-state index contributed by atoms with van der Waals surface area (Å²) in [5.41, 5.74) is 8.73. The van der Waals surface area contributed by atoms with Crippen LogP contribution < -0.4 is 27.3 Å². The van der Waals surface area contributed by atoms with Crippen molar-refractivity contribution in [1.29, 1.82) is 0 Å². The monoisotopic (exact) mass is 326 g/mol. The zero-order valence-electron chi connectivity index (χ0n) is 10.3. The number of halogens is 1. The molecule has 1 aromatic heterocycles. The molecule has 0 spiro atoms. The van der Waals surface area contributed by atoms with Gasteiger partial charge in [0.15, 0.2) is 6.54 Å². The highest BCUT2D eigenvalue weighted by Crippen LogP contribution is 2.10. The van der Waals surface area contributed by atoms with Crippen LogP contribution in [0.2, 0.25) is 0 Å². The van der Waals surface area contributed by atoms with Gasteiger partial charge in [-0.2, -0.15) is 0 Å². The van der Waals surface area contributed by atoms with Crippen molar-refractivity contribution in [3.05, 3.63) is 46.5 Å². The minimum atomic E-state index is 0. The lowest BCUT2D eigenvalue weighted by molar-refractivity contribution is -0.670. The number of hydrogen-bond donors (Lipinski definition) is 1. The lowest BCUT2D eigenvalue weighted by atomic mass is 10.1. The number of ketones is 1. The summed E-state index contributed by atoms with van der Waals surface area (Å²) in [5, 5.41) is 2.63. The lowest BCUT2D eigenvalue weighted by Gasteiger charge is -2.01. The number of hydrogen-bond acceptors (Lipinski definition) is 3. The molecule has 0 atom stereocenters. The van der Waals surface area contributed by atoms with E-state index in [1.54, 1.807) is 0 Å². The molecule has 18 heavy (non-hydrogen) atoms. The van der Waals surface area contributed by atoms with Crippen LogP contribution in [0.5, 0.6) is 0 Å². The maximum absolute atomic E-state index is 12.1. The summed E-state index contributed by atoms with van der Waals surface area (Å²) in [5.74, 6) is 0.0863. The van der Waals surface area contributed by atoms with Crippen LogP contribution in [0, 0.1) is 13.8 Å². The third kappa shape index (κ3) is 3.17. The Morgan fingerprint density at radius 3 is 2.39 bits per heavy atom. The number of benzene rings is 1. The second-order valence-electron chi connectivity index (χ2n) is 4.09. The van der Waals surface area contributed by atoms with Crippen molar-refractivity contribution in [1.82, 2.24) is 0 Å². The summed E-state index contributed by atoms with van der Waals surface area (Å²) in [6.07, 6.45) is 0. The fraction of sp³-hybridized carbons (Fsp3) is 0.231. The van der Waals surface area contributed by atoms with Crippen molar-refractivity contribution in [2.24, 2.45) is 0 Å². The van der Waals surface area contributed by atoms with E-state index in [0.717, 1.165) is 16.8 Å². The summed E-state index contributed by atoms with van der Waals surface area (Å²) in [4.78, 5) is 12.1. The van der Waals surface area contributed by atoms with Crippen LogP contribution in [0.3, 0.4) is 0 Å². The molecule has 2 rings (SSSR count). The van der Waals surface area contributed by atoms with Gasteiger partial charge in [-0.25, -0.2) is 4.57 Å². The Hall–Kier alpha value is -1.20. The average Bonchev–Trinajstić information content (AvgIpc) is 2.61. The number of carbonyl (C=O) groups is 1. The fourth-order valence-corrected chi connectivity index (χ4v) is 2.38. The molecule has 0 aliphatic rings. The van der Waals surface area contributed by atoms with Gasteiger partial charge in [0, 0.05) is 10.9 Å². The highest BCUT2D eigenvalue weighted by atomic mass is 79.9. The predicted octanol–water partition coefficient (Wildman–Crippen LogP) is -0.878. The molecule has 2 N–H and O–H groups in total. The zero-order valence-corrected chi connectivity index (χ0v) is 12.7. The van der Waals surface area contributed by atoms with E-state index in [1.807, 2.05) is 48.1 Å². The van der Waals surface area contributed by atoms with Crippen LogP contribution in [-0.4, -0.2) is 5.78 Å². The Bertz CT molecular complexity index is 529. The molecule has 1 aromatic carbocycles. The Morgan fingerprint density at radius 1 is 1.28 bits per heavy atom. The summed E-state index contributed by atoms with van der Waals surface area (Å²) < 4.78 is 1.84. The summed E-state index contributed by atoms with van der Waals surface area (Å²) >= 11 is 1.46. The molecule has 0 aliphatic heterocycles. The van der Waals surface area contributed by atoms with E-state index in [-0.39, 0.29) is 22.8 Å². The molecule has 2 aromatic rings. The molecule has 0 radical (unpaired) electrons. The van der Waals surface area contributed by atoms with E-state index in [1.165, 1.54) is 11.3 Å². The lowest BCUT2D eigenvalue weighted by Crippen LogP contribution is -3.00. The Morgan fingerprint density at radius 2 is 1.89 bits per heavy atom. The van der Waals surface area contributed by atoms with Crippen molar-refractivity contribution in [3.8, 4) is 0 Å².